The Morgan fingerprint density at radius 2 is 1.83 bits per heavy atom. The van der Waals surface area contributed by atoms with Crippen molar-refractivity contribution < 1.29 is 40.2 Å². The summed E-state index contributed by atoms with van der Waals surface area (Å²) in [4.78, 5) is 11.3. The molecule has 0 fully saturated rings. The number of ether oxygens (including phenoxy) is 2. The van der Waals surface area contributed by atoms with Gasteiger partial charge in [-0.3, -0.25) is 0 Å². The monoisotopic (exact) mass is 517 g/mol. The summed E-state index contributed by atoms with van der Waals surface area (Å²) < 4.78 is 91.6. The minimum absolute atomic E-state index is 0.253. The third kappa shape index (κ3) is 6.32. The molecule has 0 radical (unpaired) electrons. The maximum Gasteiger partial charge on any atom is 0.416 e. The molecule has 1 aliphatic carbocycles. The third-order valence-electron chi connectivity index (χ3n) is 5.51. The first kappa shape index (κ1) is 26.9. The standard InChI is InChI=1S/C24H27F4NO5S/c1-23(2,3)34-22(30)14-33-21-10-6-7-18-19(21)8-5-9-20(18)29(4)35(31,32)17-12-15(24(26,27)28)11-16(25)13-17/h6-7,10-13,20H,5,8-9,14H2,1-4H3. The number of fused-ring (bicyclic) bond motifs is 1. The van der Waals surface area contributed by atoms with E-state index in [4.69, 9.17) is 9.47 Å². The van der Waals surface area contributed by atoms with Gasteiger partial charge in [0.05, 0.1) is 16.5 Å². The second-order valence-corrected chi connectivity index (χ2v) is 11.3. The molecule has 0 aromatic heterocycles. The third-order valence-corrected chi connectivity index (χ3v) is 7.36. The van der Waals surface area contributed by atoms with Gasteiger partial charge in [0.25, 0.3) is 0 Å². The zero-order valence-electron chi connectivity index (χ0n) is 19.8. The fourth-order valence-electron chi connectivity index (χ4n) is 4.02. The molecule has 2 aromatic rings. The lowest BCUT2D eigenvalue weighted by Gasteiger charge is -2.33. The highest BCUT2D eigenvalue weighted by atomic mass is 32.2. The highest BCUT2D eigenvalue weighted by Gasteiger charge is 2.36. The van der Waals surface area contributed by atoms with Gasteiger partial charge in [0, 0.05) is 7.05 Å². The zero-order chi connectivity index (χ0) is 26.2. The Labute approximate surface area is 201 Å². The van der Waals surface area contributed by atoms with Crippen LogP contribution in [0, 0.1) is 5.82 Å². The summed E-state index contributed by atoms with van der Waals surface area (Å²) in [5.74, 6) is -1.46. The Balaban J connectivity index is 1.90. The molecule has 0 amide bonds. The number of hydrogen-bond donors (Lipinski definition) is 0. The van der Waals surface area contributed by atoms with E-state index in [9.17, 15) is 30.8 Å². The van der Waals surface area contributed by atoms with Crippen LogP contribution in [-0.2, 0) is 32.2 Å². The minimum Gasteiger partial charge on any atom is -0.482 e. The van der Waals surface area contributed by atoms with Gasteiger partial charge in [-0.15, -0.1) is 0 Å². The molecule has 1 unspecified atom stereocenters. The van der Waals surface area contributed by atoms with Crippen molar-refractivity contribution in [2.45, 2.75) is 62.7 Å². The lowest BCUT2D eigenvalue weighted by molar-refractivity contribution is -0.157. The second kappa shape index (κ2) is 9.77. The molecule has 2 aromatic carbocycles. The summed E-state index contributed by atoms with van der Waals surface area (Å²) in [6, 6.07) is 5.55. The molecular weight excluding hydrogens is 490 g/mol. The van der Waals surface area contributed by atoms with Crippen molar-refractivity contribution >= 4 is 16.0 Å². The fraction of sp³-hybridized carbons (Fsp3) is 0.458. The van der Waals surface area contributed by atoms with Crippen LogP contribution in [0.2, 0.25) is 0 Å². The van der Waals surface area contributed by atoms with Crippen LogP contribution in [0.3, 0.4) is 0 Å². The molecule has 0 aliphatic heterocycles. The number of sulfonamides is 1. The largest absolute Gasteiger partial charge is 0.482 e. The van der Waals surface area contributed by atoms with Crippen molar-refractivity contribution in [2.24, 2.45) is 0 Å². The molecule has 1 aliphatic rings. The molecule has 35 heavy (non-hydrogen) atoms. The Kier molecular flexibility index (Phi) is 7.52. The average Bonchev–Trinajstić information content (AvgIpc) is 2.74. The Bertz CT molecular complexity index is 1210. The van der Waals surface area contributed by atoms with Crippen molar-refractivity contribution in [2.75, 3.05) is 13.7 Å². The van der Waals surface area contributed by atoms with E-state index >= 15 is 0 Å². The lowest BCUT2D eigenvalue weighted by Crippen LogP contribution is -2.34. The normalized spacial score (nSPS) is 16.7. The molecule has 0 saturated heterocycles. The van der Waals surface area contributed by atoms with Gasteiger partial charge in [0.2, 0.25) is 10.0 Å². The molecule has 192 valence electrons. The number of benzene rings is 2. The first-order valence-electron chi connectivity index (χ1n) is 10.9. The summed E-state index contributed by atoms with van der Waals surface area (Å²) in [7, 11) is -3.22. The first-order valence-corrected chi connectivity index (χ1v) is 12.4. The van der Waals surface area contributed by atoms with Gasteiger partial charge in [-0.2, -0.15) is 17.5 Å². The van der Waals surface area contributed by atoms with E-state index in [1.54, 1.807) is 39.0 Å². The van der Waals surface area contributed by atoms with Gasteiger partial charge in [0.15, 0.2) is 6.61 Å². The fourth-order valence-corrected chi connectivity index (χ4v) is 5.44. The van der Waals surface area contributed by atoms with Gasteiger partial charge in [-0.25, -0.2) is 17.6 Å². The van der Waals surface area contributed by atoms with Crippen LogP contribution < -0.4 is 4.74 Å². The maximum absolute atomic E-state index is 13.9. The summed E-state index contributed by atoms with van der Waals surface area (Å²) in [6.45, 7) is 4.85. The Hall–Kier alpha value is -2.66. The van der Waals surface area contributed by atoms with Crippen LogP contribution in [-0.4, -0.2) is 37.9 Å². The number of alkyl halides is 3. The summed E-state index contributed by atoms with van der Waals surface area (Å²) in [5, 5.41) is 0. The number of nitrogens with zero attached hydrogens (tertiary/aromatic N) is 1. The first-order chi connectivity index (χ1) is 16.1. The lowest BCUT2D eigenvalue weighted by atomic mass is 9.87. The highest BCUT2D eigenvalue weighted by molar-refractivity contribution is 7.89. The van der Waals surface area contributed by atoms with Crippen molar-refractivity contribution in [1.82, 2.24) is 4.31 Å². The van der Waals surface area contributed by atoms with Crippen LogP contribution in [0.1, 0.15) is 56.3 Å². The average molecular weight is 518 g/mol. The smallest absolute Gasteiger partial charge is 0.416 e. The number of hydrogen-bond acceptors (Lipinski definition) is 5. The van der Waals surface area contributed by atoms with Gasteiger partial charge in [0.1, 0.15) is 17.2 Å². The maximum atomic E-state index is 13.9. The SMILES string of the molecule is CN(C1CCCc2c(OCC(=O)OC(C)(C)C)cccc21)S(=O)(=O)c1cc(F)cc(C(F)(F)F)c1. The molecule has 6 nitrogen and oxygen atoms in total. The van der Waals surface area contributed by atoms with Crippen molar-refractivity contribution in [3.63, 3.8) is 0 Å². The molecule has 0 heterocycles. The topological polar surface area (TPSA) is 72.9 Å². The van der Waals surface area contributed by atoms with Gasteiger partial charge in [-0.1, -0.05) is 12.1 Å². The van der Waals surface area contributed by atoms with Gasteiger partial charge >= 0.3 is 12.1 Å². The van der Waals surface area contributed by atoms with Crippen molar-refractivity contribution in [3.8, 4) is 5.75 Å². The van der Waals surface area contributed by atoms with E-state index in [0.717, 1.165) is 4.31 Å². The van der Waals surface area contributed by atoms with Crippen LogP contribution in [0.4, 0.5) is 17.6 Å². The minimum atomic E-state index is -4.90. The molecule has 3 rings (SSSR count). The number of halogens is 4. The summed E-state index contributed by atoms with van der Waals surface area (Å²) in [6.07, 6.45) is -3.37. The van der Waals surface area contributed by atoms with E-state index in [1.807, 2.05) is 0 Å². The number of carbonyl (C=O) groups is 1. The van der Waals surface area contributed by atoms with E-state index < -0.39 is 50.1 Å². The van der Waals surface area contributed by atoms with Crippen LogP contribution >= 0.6 is 0 Å². The van der Waals surface area contributed by atoms with E-state index in [-0.39, 0.29) is 12.7 Å². The quantitative estimate of drug-likeness (QED) is 0.386. The van der Waals surface area contributed by atoms with Gasteiger partial charge in [-0.05, 0) is 75.4 Å². The molecule has 0 spiro atoms. The molecule has 11 heteroatoms. The summed E-state index contributed by atoms with van der Waals surface area (Å²) in [5.41, 5.74) is -0.755. The second-order valence-electron chi connectivity index (χ2n) is 9.30. The molecule has 0 N–H and O–H groups in total. The Morgan fingerprint density at radius 1 is 1.14 bits per heavy atom. The molecule has 0 saturated carbocycles. The van der Waals surface area contributed by atoms with Crippen molar-refractivity contribution in [3.05, 3.63) is 58.9 Å². The van der Waals surface area contributed by atoms with Crippen LogP contribution in [0.5, 0.6) is 5.75 Å². The molecular formula is C24H27F4NO5S. The number of esters is 1. The summed E-state index contributed by atoms with van der Waals surface area (Å²) >= 11 is 0. The van der Waals surface area contributed by atoms with Gasteiger partial charge < -0.3 is 9.47 Å². The molecule has 0 bridgehead atoms. The van der Waals surface area contributed by atoms with Crippen LogP contribution in [0.15, 0.2) is 41.3 Å². The van der Waals surface area contributed by atoms with E-state index in [2.05, 4.69) is 0 Å². The molecule has 1 atom stereocenters. The zero-order valence-corrected chi connectivity index (χ0v) is 20.6. The van der Waals surface area contributed by atoms with Crippen LogP contribution in [0.25, 0.3) is 0 Å². The number of carbonyl (C=O) groups excluding carboxylic acids is 1. The predicted molar refractivity (Wildman–Crippen MR) is 120 cm³/mol. The number of rotatable bonds is 6. The predicted octanol–water partition coefficient (Wildman–Crippen LogP) is 5.26. The van der Waals surface area contributed by atoms with E-state index in [1.165, 1.54) is 7.05 Å². The van der Waals surface area contributed by atoms with Crippen molar-refractivity contribution in [1.29, 1.82) is 0 Å². The Morgan fingerprint density at radius 3 is 2.46 bits per heavy atom. The highest BCUT2D eigenvalue weighted by Crippen LogP contribution is 2.40. The van der Waals surface area contributed by atoms with E-state index in [0.29, 0.717) is 48.3 Å².